The van der Waals surface area contributed by atoms with Crippen molar-refractivity contribution in [2.24, 2.45) is 0 Å². The second-order valence-electron chi connectivity index (χ2n) is 27.2. The fraction of sp³-hybridized carbons (Fsp3) is 0.897. The largest absolute Gasteiger partial charge is 0.477 e. The average Bonchev–Trinajstić information content (AvgIpc) is 0.761. The molecule has 2 heterocycles. The summed E-state index contributed by atoms with van der Waals surface area (Å²) in [6.07, 6.45) is -0.442. The predicted molar refractivity (Wildman–Crippen MR) is 363 cm³/mol. The van der Waals surface area contributed by atoms with Gasteiger partial charge in [0.25, 0.3) is 11.6 Å². The van der Waals surface area contributed by atoms with E-state index in [-0.39, 0.29) is 6.42 Å². The Morgan fingerprint density at radius 3 is 1.38 bits per heavy atom. The maximum atomic E-state index is 13.8. The molecule has 1 saturated carbocycles. The highest BCUT2D eigenvalue weighted by molar-refractivity contribution is 7.47. The number of hydrogen-bond donors (Lipinski definition) is 18. The number of aliphatic hydroxyl groups excluding tert-OH is 12. The van der Waals surface area contributed by atoms with Crippen LogP contribution < -0.4 is 16.0 Å². The standard InChI is InChI=1S/C68H124N3O29P/c1-5-7-9-11-13-15-16-17-18-19-20-21-22-23-24-25-26-28-30-32-34-36-50(78)69-44(45(73)35-33-31-29-27-14-12-10-8-6-2)40-96-101(91,92)100-64-59(85)57(83)58(84)63(60(64)86)99-68(66(89)90)38-47(75)54(62(98-68)56(82)49(77)42-94-4)71-52(80)43-95-67(65(87)88)37-46(74)53(70-51(79)39-72)61(97-67)55(81)48(76)41-93-3/h33,35,44-49,53-64,72-77,81-86H,5-32,34,36-43H2,1-4H3,(H,69,78)(H,70,79)(H,71,80)(H,87,88)(H,89,90)(H,91,92)/b35-33+/t44-,45+,46-,47-,48+,49+,53+,54+,55+,56+,57-,58-,59+,60+,61+,62+,63+,64-,67+,68-/m0/s1. The van der Waals surface area contributed by atoms with Gasteiger partial charge in [0.05, 0.1) is 56.3 Å². The van der Waals surface area contributed by atoms with Crippen molar-refractivity contribution in [1.29, 1.82) is 0 Å². The fourth-order valence-corrected chi connectivity index (χ4v) is 13.8. The number of aliphatic hydroxyl groups is 12. The molecule has 101 heavy (non-hydrogen) atoms. The molecule has 32 nitrogen and oxygen atoms in total. The summed E-state index contributed by atoms with van der Waals surface area (Å²) in [7, 11) is -3.43. The first kappa shape index (κ1) is 91.7. The number of carbonyl (C=O) groups is 5. The number of phosphoric acid groups is 1. The Kier molecular flexibility index (Phi) is 44.8. The molecular weight excluding hydrogens is 1350 g/mol. The normalized spacial score (nSPS) is 28.7. The molecule has 0 aromatic rings. The van der Waals surface area contributed by atoms with E-state index in [2.05, 4.69) is 29.8 Å². The van der Waals surface area contributed by atoms with E-state index in [1.54, 1.807) is 6.08 Å². The van der Waals surface area contributed by atoms with Crippen molar-refractivity contribution >= 4 is 37.5 Å². The number of allylic oxidation sites excluding steroid dienone is 1. The van der Waals surface area contributed by atoms with Crippen molar-refractivity contribution in [1.82, 2.24) is 16.0 Å². The molecule has 0 aromatic heterocycles. The van der Waals surface area contributed by atoms with Gasteiger partial charge in [-0.05, 0) is 19.3 Å². The van der Waals surface area contributed by atoms with Crippen LogP contribution in [-0.4, -0.2) is 275 Å². The van der Waals surface area contributed by atoms with E-state index >= 15 is 0 Å². The van der Waals surface area contributed by atoms with Crippen molar-refractivity contribution in [2.75, 3.05) is 47.3 Å². The number of ether oxygens (including phenoxy) is 6. The third-order valence-corrected chi connectivity index (χ3v) is 19.8. The Morgan fingerprint density at radius 2 is 0.941 bits per heavy atom. The van der Waals surface area contributed by atoms with Crippen LogP contribution in [0, 0.1) is 0 Å². The number of rotatable bonds is 56. The van der Waals surface area contributed by atoms with Gasteiger partial charge in [-0.1, -0.05) is 193 Å². The van der Waals surface area contributed by atoms with Gasteiger partial charge >= 0.3 is 19.8 Å². The summed E-state index contributed by atoms with van der Waals surface area (Å²) in [5.74, 6) is -13.8. The van der Waals surface area contributed by atoms with Crippen LogP contribution in [0.2, 0.25) is 0 Å². The van der Waals surface area contributed by atoms with E-state index in [9.17, 15) is 105 Å². The van der Waals surface area contributed by atoms with E-state index in [4.69, 9.17) is 37.5 Å². The van der Waals surface area contributed by atoms with Gasteiger partial charge in [-0.3, -0.25) is 23.4 Å². The molecule has 2 saturated heterocycles. The van der Waals surface area contributed by atoms with Crippen LogP contribution in [0.25, 0.3) is 0 Å². The van der Waals surface area contributed by atoms with Crippen LogP contribution in [0.4, 0.5) is 0 Å². The fourth-order valence-electron chi connectivity index (χ4n) is 12.9. The predicted octanol–water partition coefficient (Wildman–Crippen LogP) is 2.05. The van der Waals surface area contributed by atoms with Crippen LogP contribution in [0.1, 0.15) is 219 Å². The summed E-state index contributed by atoms with van der Waals surface area (Å²) in [6, 6.07) is -5.17. The van der Waals surface area contributed by atoms with Crippen LogP contribution in [0.15, 0.2) is 12.2 Å². The summed E-state index contributed by atoms with van der Waals surface area (Å²) in [4.78, 5) is 76.7. The third-order valence-electron chi connectivity index (χ3n) is 18.8. The van der Waals surface area contributed by atoms with Crippen molar-refractivity contribution < 1.29 is 142 Å². The van der Waals surface area contributed by atoms with Gasteiger partial charge in [0.15, 0.2) is 0 Å². The van der Waals surface area contributed by atoms with Crippen LogP contribution >= 0.6 is 7.82 Å². The Labute approximate surface area is 593 Å². The molecule has 18 N–H and O–H groups in total. The summed E-state index contributed by atoms with van der Waals surface area (Å²) in [5.41, 5.74) is 0. The number of carboxylic acids is 2. The van der Waals surface area contributed by atoms with Gasteiger partial charge in [-0.25, -0.2) is 14.2 Å². The number of nitrogens with one attached hydrogen (secondary N) is 3. The molecule has 1 aliphatic carbocycles. The zero-order valence-corrected chi connectivity index (χ0v) is 60.5. The number of carbonyl (C=O) groups excluding carboxylic acids is 3. The molecule has 590 valence electrons. The van der Waals surface area contributed by atoms with Gasteiger partial charge in [0.1, 0.15) is 86.5 Å². The van der Waals surface area contributed by atoms with Crippen molar-refractivity contribution in [2.45, 2.75) is 341 Å². The molecule has 3 amide bonds. The number of aliphatic carboxylic acids is 2. The van der Waals surface area contributed by atoms with Gasteiger partial charge in [-0.2, -0.15) is 0 Å². The molecule has 3 rings (SSSR count). The van der Waals surface area contributed by atoms with E-state index in [0.29, 0.717) is 12.8 Å². The van der Waals surface area contributed by atoms with Crippen LogP contribution in [-0.2, 0) is 66.0 Å². The molecule has 33 heteroatoms. The lowest BCUT2D eigenvalue weighted by Gasteiger charge is -2.50. The minimum Gasteiger partial charge on any atom is -0.477 e. The number of hydrogen-bond acceptors (Lipinski definition) is 26. The van der Waals surface area contributed by atoms with Crippen molar-refractivity contribution in [3.05, 3.63) is 12.2 Å². The Hall–Kier alpha value is -3.52. The maximum Gasteiger partial charge on any atom is 0.472 e. The molecule has 3 fully saturated rings. The zero-order chi connectivity index (χ0) is 75.1. The molecule has 3 aliphatic rings. The van der Waals surface area contributed by atoms with Gasteiger partial charge < -0.3 is 121 Å². The monoisotopic (exact) mass is 1480 g/mol. The zero-order valence-electron chi connectivity index (χ0n) is 59.6. The molecule has 0 bridgehead atoms. The maximum absolute atomic E-state index is 13.8. The smallest absolute Gasteiger partial charge is 0.472 e. The molecule has 0 radical (unpaired) electrons. The molecule has 21 atom stereocenters. The van der Waals surface area contributed by atoms with Crippen molar-refractivity contribution in [3.63, 3.8) is 0 Å². The summed E-state index contributed by atoms with van der Waals surface area (Å²) < 4.78 is 56.4. The molecule has 0 spiro atoms. The number of carboxylic acid groups (broad SMARTS) is 2. The average molecular weight is 1480 g/mol. The molecular formula is C68H124N3O29P. The Balaban J connectivity index is 1.73. The number of amides is 3. The second kappa shape index (κ2) is 49.4. The number of phosphoric ester groups is 1. The first-order chi connectivity index (χ1) is 48.1. The highest BCUT2D eigenvalue weighted by Gasteiger charge is 2.62. The lowest BCUT2D eigenvalue weighted by molar-refractivity contribution is -0.350. The first-order valence-corrected chi connectivity index (χ1v) is 38.0. The summed E-state index contributed by atoms with van der Waals surface area (Å²) in [5, 5.41) is 161. The topological polar surface area (TPSA) is 516 Å². The SMILES string of the molecule is CCCCCCCCC/C=C/[C@@H](O)[C@H](COP(=O)(O)O[C@@H]1[C@H](O)[C@H](O[C@]2(C(=O)O)C[C@H](O)[C@@H](NC(=O)CO[C@]3(C(=O)O)C[C@H](O)[C@@H](NC(=O)CO)[C@H]([C@H](O)[C@H](O)COC)O3)[C@H]([C@H](O)[C@H](O)COC)O2)[C@@H](O)[C@H](O)[C@H]1O)NC(=O)CCCCCCCCCCCCCCCCCCCCCCC. The Bertz CT molecular complexity index is 2410. The third kappa shape index (κ3) is 31.8. The quantitative estimate of drug-likeness (QED) is 0.0235. The minimum absolute atomic E-state index is 0.0453. The van der Waals surface area contributed by atoms with E-state index in [1.807, 2.05) is 0 Å². The molecule has 0 aromatic carbocycles. The van der Waals surface area contributed by atoms with E-state index < -0.39 is 205 Å². The highest BCUT2D eigenvalue weighted by Crippen LogP contribution is 2.48. The first-order valence-electron chi connectivity index (χ1n) is 36.5. The number of unbranched alkanes of at least 4 members (excludes halogenated alkanes) is 27. The van der Waals surface area contributed by atoms with E-state index in [0.717, 1.165) is 91.3 Å². The molecule has 1 unspecified atom stereocenters. The van der Waals surface area contributed by atoms with E-state index in [1.165, 1.54) is 102 Å². The molecule has 2 aliphatic heterocycles. The summed E-state index contributed by atoms with van der Waals surface area (Å²) in [6.45, 7) is -0.438. The number of methoxy groups -OCH3 is 2. The summed E-state index contributed by atoms with van der Waals surface area (Å²) >= 11 is 0. The minimum atomic E-state index is -5.63. The van der Waals surface area contributed by atoms with Gasteiger partial charge in [-0.15, -0.1) is 0 Å². The van der Waals surface area contributed by atoms with Crippen LogP contribution in [0.5, 0.6) is 0 Å². The highest BCUT2D eigenvalue weighted by atomic mass is 31.2. The lowest BCUT2D eigenvalue weighted by atomic mass is 9.84. The van der Waals surface area contributed by atoms with Gasteiger partial charge in [0, 0.05) is 33.5 Å². The second-order valence-corrected chi connectivity index (χ2v) is 28.6. The van der Waals surface area contributed by atoms with Crippen molar-refractivity contribution in [3.8, 4) is 0 Å². The Morgan fingerprint density at radius 1 is 0.535 bits per heavy atom. The van der Waals surface area contributed by atoms with Gasteiger partial charge in [0.2, 0.25) is 17.7 Å². The lowest BCUT2D eigenvalue weighted by Crippen LogP contribution is -2.71. The van der Waals surface area contributed by atoms with Crippen LogP contribution in [0.3, 0.4) is 0 Å².